The molecule has 3 atom stereocenters. The monoisotopic (exact) mass is 268 g/mol. The minimum atomic E-state index is -0.237. The maximum absolute atomic E-state index is 9.66. The summed E-state index contributed by atoms with van der Waals surface area (Å²) in [4.78, 5) is 2.36. The molecule has 0 aliphatic carbocycles. The molecule has 0 aromatic heterocycles. The van der Waals surface area contributed by atoms with Crippen molar-refractivity contribution in [3.8, 4) is 0 Å². The van der Waals surface area contributed by atoms with Crippen LogP contribution in [0.15, 0.2) is 24.3 Å². The summed E-state index contributed by atoms with van der Waals surface area (Å²) in [5.41, 5.74) is 7.11. The van der Waals surface area contributed by atoms with E-state index in [1.54, 1.807) is 0 Å². The summed E-state index contributed by atoms with van der Waals surface area (Å²) in [5, 5.41) is 10.4. The summed E-state index contributed by atoms with van der Waals surface area (Å²) in [7, 11) is 0. The lowest BCUT2D eigenvalue weighted by molar-refractivity contribution is 0.122. The maximum atomic E-state index is 9.66. The van der Waals surface area contributed by atoms with Gasteiger partial charge in [-0.25, -0.2) is 0 Å². The van der Waals surface area contributed by atoms with Crippen LogP contribution in [0.4, 0.5) is 0 Å². The standard InChI is InChI=1S/C14H21ClN2O/c1-10(18)12-6-7-17(9-12)14(8-16)11-2-4-13(15)5-3-11/h2-5,10,12,14,18H,6-9,16H2,1H3. The van der Waals surface area contributed by atoms with Gasteiger partial charge in [0.15, 0.2) is 0 Å². The first-order valence-electron chi connectivity index (χ1n) is 6.49. The lowest BCUT2D eigenvalue weighted by Gasteiger charge is -2.27. The van der Waals surface area contributed by atoms with E-state index in [0.717, 1.165) is 24.5 Å². The molecule has 0 spiro atoms. The highest BCUT2D eigenvalue weighted by atomic mass is 35.5. The third-order valence-corrected chi connectivity index (χ3v) is 4.11. The fraction of sp³-hybridized carbons (Fsp3) is 0.571. The Morgan fingerprint density at radius 1 is 1.44 bits per heavy atom. The fourth-order valence-electron chi connectivity index (χ4n) is 2.67. The van der Waals surface area contributed by atoms with Crippen molar-refractivity contribution in [2.45, 2.75) is 25.5 Å². The molecule has 18 heavy (non-hydrogen) atoms. The smallest absolute Gasteiger partial charge is 0.0552 e. The Morgan fingerprint density at radius 2 is 2.11 bits per heavy atom. The Bertz CT molecular complexity index is 380. The van der Waals surface area contributed by atoms with Gasteiger partial charge in [0, 0.05) is 24.2 Å². The number of nitrogens with zero attached hydrogens (tertiary/aromatic N) is 1. The van der Waals surface area contributed by atoms with Crippen LogP contribution in [-0.2, 0) is 0 Å². The van der Waals surface area contributed by atoms with Gasteiger partial charge in [0.05, 0.1) is 6.10 Å². The van der Waals surface area contributed by atoms with E-state index in [0.29, 0.717) is 12.5 Å². The van der Waals surface area contributed by atoms with Crippen LogP contribution in [0.25, 0.3) is 0 Å². The van der Waals surface area contributed by atoms with E-state index < -0.39 is 0 Å². The van der Waals surface area contributed by atoms with Crippen molar-refractivity contribution in [3.05, 3.63) is 34.9 Å². The quantitative estimate of drug-likeness (QED) is 0.879. The van der Waals surface area contributed by atoms with Gasteiger partial charge in [-0.1, -0.05) is 23.7 Å². The predicted octanol–water partition coefficient (Wildman–Crippen LogP) is 2.04. The molecule has 0 bridgehead atoms. The zero-order chi connectivity index (χ0) is 13.1. The molecule has 0 amide bonds. The first kappa shape index (κ1) is 13.8. The molecule has 1 saturated heterocycles. The summed E-state index contributed by atoms with van der Waals surface area (Å²) in [6, 6.07) is 8.11. The number of aliphatic hydroxyl groups excluding tert-OH is 1. The Balaban J connectivity index is 2.08. The summed E-state index contributed by atoms with van der Waals surface area (Å²) < 4.78 is 0. The van der Waals surface area contributed by atoms with Crippen LogP contribution in [0, 0.1) is 5.92 Å². The number of aliphatic hydroxyl groups is 1. The van der Waals surface area contributed by atoms with Crippen LogP contribution < -0.4 is 5.73 Å². The summed E-state index contributed by atoms with van der Waals surface area (Å²) in [6.45, 7) is 4.38. The number of rotatable bonds is 4. The SMILES string of the molecule is CC(O)C1CCN(C(CN)c2ccc(Cl)cc2)C1. The lowest BCUT2D eigenvalue weighted by atomic mass is 10.0. The first-order chi connectivity index (χ1) is 8.61. The lowest BCUT2D eigenvalue weighted by Crippen LogP contribution is -2.33. The van der Waals surface area contributed by atoms with E-state index in [1.165, 1.54) is 5.56 Å². The van der Waals surface area contributed by atoms with Gasteiger partial charge in [0.2, 0.25) is 0 Å². The topological polar surface area (TPSA) is 49.5 Å². The van der Waals surface area contributed by atoms with Crippen LogP contribution in [-0.4, -0.2) is 35.7 Å². The van der Waals surface area contributed by atoms with Gasteiger partial charge in [0.1, 0.15) is 0 Å². The maximum Gasteiger partial charge on any atom is 0.0552 e. The predicted molar refractivity (Wildman–Crippen MR) is 74.6 cm³/mol. The molecule has 4 heteroatoms. The average Bonchev–Trinajstić information content (AvgIpc) is 2.82. The Kier molecular flexibility index (Phi) is 4.62. The van der Waals surface area contributed by atoms with E-state index in [9.17, 15) is 5.11 Å². The highest BCUT2D eigenvalue weighted by Gasteiger charge is 2.30. The van der Waals surface area contributed by atoms with E-state index in [4.69, 9.17) is 17.3 Å². The number of hydrogen-bond acceptors (Lipinski definition) is 3. The summed E-state index contributed by atoms with van der Waals surface area (Å²) in [6.07, 6.45) is 0.806. The van der Waals surface area contributed by atoms with Crippen LogP contribution in [0.1, 0.15) is 24.9 Å². The zero-order valence-corrected chi connectivity index (χ0v) is 11.5. The van der Waals surface area contributed by atoms with Crippen LogP contribution in [0.3, 0.4) is 0 Å². The minimum absolute atomic E-state index is 0.228. The Morgan fingerprint density at radius 3 is 2.61 bits per heavy atom. The molecule has 1 heterocycles. The first-order valence-corrected chi connectivity index (χ1v) is 6.87. The van der Waals surface area contributed by atoms with Gasteiger partial charge < -0.3 is 10.8 Å². The Labute approximate surface area is 114 Å². The van der Waals surface area contributed by atoms with Crippen molar-refractivity contribution in [3.63, 3.8) is 0 Å². The second-order valence-electron chi connectivity index (χ2n) is 5.09. The molecule has 3 unspecified atom stereocenters. The Hall–Kier alpha value is -0.610. The second-order valence-corrected chi connectivity index (χ2v) is 5.52. The number of benzene rings is 1. The minimum Gasteiger partial charge on any atom is -0.393 e. The number of halogens is 1. The normalized spacial score (nSPS) is 24.1. The molecule has 1 fully saturated rings. The highest BCUT2D eigenvalue weighted by Crippen LogP contribution is 2.29. The number of nitrogens with two attached hydrogens (primary N) is 1. The molecule has 3 N–H and O–H groups in total. The average molecular weight is 269 g/mol. The summed E-state index contributed by atoms with van der Waals surface area (Å²) >= 11 is 5.91. The van der Waals surface area contributed by atoms with Crippen LogP contribution in [0.2, 0.25) is 5.02 Å². The van der Waals surface area contributed by atoms with Gasteiger partial charge >= 0.3 is 0 Å². The van der Waals surface area contributed by atoms with Gasteiger partial charge in [0.25, 0.3) is 0 Å². The largest absolute Gasteiger partial charge is 0.393 e. The molecule has 1 aliphatic rings. The molecule has 2 rings (SSSR count). The molecule has 0 saturated carbocycles. The van der Waals surface area contributed by atoms with Crippen molar-refractivity contribution < 1.29 is 5.11 Å². The van der Waals surface area contributed by atoms with Crippen molar-refractivity contribution in [1.29, 1.82) is 0 Å². The van der Waals surface area contributed by atoms with E-state index in [1.807, 2.05) is 31.2 Å². The molecule has 3 nitrogen and oxygen atoms in total. The van der Waals surface area contributed by atoms with E-state index in [-0.39, 0.29) is 12.1 Å². The van der Waals surface area contributed by atoms with Crippen molar-refractivity contribution in [2.75, 3.05) is 19.6 Å². The van der Waals surface area contributed by atoms with E-state index in [2.05, 4.69) is 4.90 Å². The molecular weight excluding hydrogens is 248 g/mol. The van der Waals surface area contributed by atoms with Crippen LogP contribution >= 0.6 is 11.6 Å². The van der Waals surface area contributed by atoms with Crippen LogP contribution in [0.5, 0.6) is 0 Å². The molecule has 100 valence electrons. The van der Waals surface area contributed by atoms with Gasteiger partial charge in [-0.15, -0.1) is 0 Å². The number of likely N-dealkylation sites (tertiary alicyclic amines) is 1. The second kappa shape index (κ2) is 6.02. The summed E-state index contributed by atoms with van der Waals surface area (Å²) in [5.74, 6) is 0.367. The zero-order valence-electron chi connectivity index (χ0n) is 10.7. The molecule has 1 aromatic carbocycles. The molecule has 1 aromatic rings. The van der Waals surface area contributed by atoms with Crippen molar-refractivity contribution >= 4 is 11.6 Å². The third-order valence-electron chi connectivity index (χ3n) is 3.86. The number of hydrogen-bond donors (Lipinski definition) is 2. The molecule has 0 radical (unpaired) electrons. The molecular formula is C14H21ClN2O. The van der Waals surface area contributed by atoms with Crippen molar-refractivity contribution in [1.82, 2.24) is 4.90 Å². The van der Waals surface area contributed by atoms with Gasteiger partial charge in [-0.3, -0.25) is 4.90 Å². The van der Waals surface area contributed by atoms with E-state index >= 15 is 0 Å². The third kappa shape index (κ3) is 3.04. The van der Waals surface area contributed by atoms with Crippen molar-refractivity contribution in [2.24, 2.45) is 11.7 Å². The molecule has 1 aliphatic heterocycles. The van der Waals surface area contributed by atoms with Gasteiger partial charge in [-0.05, 0) is 43.5 Å². The fourth-order valence-corrected chi connectivity index (χ4v) is 2.80. The van der Waals surface area contributed by atoms with Gasteiger partial charge in [-0.2, -0.15) is 0 Å². The highest BCUT2D eigenvalue weighted by molar-refractivity contribution is 6.30.